The van der Waals surface area contributed by atoms with E-state index >= 15 is 0 Å². The second-order valence-corrected chi connectivity index (χ2v) is 5.63. The zero-order valence-electron chi connectivity index (χ0n) is 9.42. The molecule has 0 saturated heterocycles. The number of aliphatic hydroxyl groups is 2. The first-order chi connectivity index (χ1) is 7.80. The number of primary sulfonamides is 1. The largest absolute Gasteiger partial charge is 0.394 e. The fraction of sp³-hybridized carbons (Fsp3) is 0.400. The molecule has 7 heteroatoms. The molecule has 0 aliphatic carbocycles. The van der Waals surface area contributed by atoms with Gasteiger partial charge < -0.3 is 15.5 Å². The standard InChI is InChI=1S/C10H16N2O4S/c1-10(6-13,7-14)12-8-2-4-9(5-3-8)17(11,15)16/h2-5,12-14H,6-7H2,1H3,(H2,11,15,16). The summed E-state index contributed by atoms with van der Waals surface area (Å²) in [7, 11) is -3.70. The second kappa shape index (κ2) is 5.01. The van der Waals surface area contributed by atoms with Gasteiger partial charge in [-0.3, -0.25) is 0 Å². The molecule has 0 unspecified atom stereocenters. The summed E-state index contributed by atoms with van der Waals surface area (Å²) in [6, 6.07) is 5.74. The highest BCUT2D eigenvalue weighted by Crippen LogP contribution is 2.17. The summed E-state index contributed by atoms with van der Waals surface area (Å²) in [5.74, 6) is 0. The fourth-order valence-electron chi connectivity index (χ4n) is 1.21. The normalized spacial score (nSPS) is 12.5. The number of rotatable bonds is 5. The molecule has 17 heavy (non-hydrogen) atoms. The van der Waals surface area contributed by atoms with E-state index in [4.69, 9.17) is 15.4 Å². The van der Waals surface area contributed by atoms with Gasteiger partial charge in [0.25, 0.3) is 0 Å². The predicted octanol–water partition coefficient (Wildman–Crippen LogP) is -0.511. The predicted molar refractivity (Wildman–Crippen MR) is 64.0 cm³/mol. The van der Waals surface area contributed by atoms with E-state index in [2.05, 4.69) is 5.32 Å². The first-order valence-electron chi connectivity index (χ1n) is 4.93. The van der Waals surface area contributed by atoms with Crippen LogP contribution in [0, 0.1) is 0 Å². The number of hydrogen-bond donors (Lipinski definition) is 4. The molecular formula is C10H16N2O4S. The summed E-state index contributed by atoms with van der Waals surface area (Å²) < 4.78 is 22.0. The minimum absolute atomic E-state index is 0.0118. The average molecular weight is 260 g/mol. The zero-order chi connectivity index (χ0) is 13.1. The van der Waals surface area contributed by atoms with E-state index in [0.717, 1.165) is 0 Å². The van der Waals surface area contributed by atoms with Crippen molar-refractivity contribution in [3.63, 3.8) is 0 Å². The molecule has 1 aromatic rings. The molecule has 0 atom stereocenters. The third-order valence-corrected chi connectivity index (χ3v) is 3.26. The lowest BCUT2D eigenvalue weighted by Crippen LogP contribution is -2.42. The Labute approximate surface area is 100 Å². The first kappa shape index (κ1) is 13.9. The minimum Gasteiger partial charge on any atom is -0.394 e. The highest BCUT2D eigenvalue weighted by Gasteiger charge is 2.21. The number of nitrogens with one attached hydrogen (secondary N) is 1. The molecule has 0 saturated carbocycles. The van der Waals surface area contributed by atoms with Crippen LogP contribution in [0.25, 0.3) is 0 Å². The Hall–Kier alpha value is -1.15. The zero-order valence-corrected chi connectivity index (χ0v) is 10.2. The quantitative estimate of drug-likeness (QED) is 0.569. The SMILES string of the molecule is CC(CO)(CO)Nc1ccc(S(N)(=O)=O)cc1. The van der Waals surface area contributed by atoms with Gasteiger partial charge in [0, 0.05) is 5.69 Å². The lowest BCUT2D eigenvalue weighted by atomic mass is 10.1. The lowest BCUT2D eigenvalue weighted by molar-refractivity contribution is 0.147. The Morgan fingerprint density at radius 3 is 2.06 bits per heavy atom. The summed E-state index contributed by atoms with van der Waals surface area (Å²) in [5.41, 5.74) is -0.272. The molecule has 0 radical (unpaired) electrons. The van der Waals surface area contributed by atoms with Crippen molar-refractivity contribution in [2.24, 2.45) is 5.14 Å². The monoisotopic (exact) mass is 260 g/mol. The van der Waals surface area contributed by atoms with Crippen molar-refractivity contribution in [2.45, 2.75) is 17.4 Å². The van der Waals surface area contributed by atoms with Crippen LogP contribution in [-0.4, -0.2) is 37.4 Å². The van der Waals surface area contributed by atoms with E-state index < -0.39 is 15.6 Å². The van der Waals surface area contributed by atoms with E-state index in [-0.39, 0.29) is 18.1 Å². The van der Waals surface area contributed by atoms with Crippen molar-refractivity contribution in [2.75, 3.05) is 18.5 Å². The van der Waals surface area contributed by atoms with Crippen LogP contribution in [0.2, 0.25) is 0 Å². The van der Waals surface area contributed by atoms with Crippen LogP contribution in [-0.2, 0) is 10.0 Å². The van der Waals surface area contributed by atoms with Gasteiger partial charge in [-0.1, -0.05) is 0 Å². The second-order valence-electron chi connectivity index (χ2n) is 4.07. The molecule has 0 heterocycles. The third-order valence-electron chi connectivity index (χ3n) is 2.33. The van der Waals surface area contributed by atoms with Crippen LogP contribution < -0.4 is 10.5 Å². The average Bonchev–Trinajstić information content (AvgIpc) is 2.28. The molecule has 0 aliphatic heterocycles. The fourth-order valence-corrected chi connectivity index (χ4v) is 1.72. The molecule has 1 aromatic carbocycles. The van der Waals surface area contributed by atoms with Crippen molar-refractivity contribution in [3.05, 3.63) is 24.3 Å². The Bertz CT molecular complexity index is 466. The van der Waals surface area contributed by atoms with Gasteiger partial charge in [0.05, 0.1) is 23.6 Å². The summed E-state index contributed by atoms with van der Waals surface area (Å²) in [5, 5.41) is 26.0. The van der Waals surface area contributed by atoms with Crippen molar-refractivity contribution in [1.82, 2.24) is 0 Å². The van der Waals surface area contributed by atoms with E-state index in [1.165, 1.54) is 24.3 Å². The third kappa shape index (κ3) is 3.67. The summed E-state index contributed by atoms with van der Waals surface area (Å²) in [4.78, 5) is 0.0118. The highest BCUT2D eigenvalue weighted by molar-refractivity contribution is 7.89. The van der Waals surface area contributed by atoms with Crippen molar-refractivity contribution < 1.29 is 18.6 Å². The van der Waals surface area contributed by atoms with Crippen molar-refractivity contribution in [1.29, 1.82) is 0 Å². The number of benzene rings is 1. The number of hydrogen-bond acceptors (Lipinski definition) is 5. The maximum absolute atomic E-state index is 11.0. The molecule has 0 bridgehead atoms. The van der Waals surface area contributed by atoms with Crippen LogP contribution in [0.3, 0.4) is 0 Å². The molecule has 0 aromatic heterocycles. The van der Waals surface area contributed by atoms with E-state index in [1.807, 2.05) is 0 Å². The van der Waals surface area contributed by atoms with E-state index in [0.29, 0.717) is 5.69 Å². The topological polar surface area (TPSA) is 113 Å². The molecule has 0 aliphatic rings. The first-order valence-corrected chi connectivity index (χ1v) is 6.48. The van der Waals surface area contributed by atoms with Gasteiger partial charge in [-0.05, 0) is 31.2 Å². The van der Waals surface area contributed by atoms with Gasteiger partial charge >= 0.3 is 0 Å². The molecule has 0 amide bonds. The molecule has 1 rings (SSSR count). The van der Waals surface area contributed by atoms with E-state index in [9.17, 15) is 8.42 Å². The Morgan fingerprint density at radius 2 is 1.71 bits per heavy atom. The summed E-state index contributed by atoms with van der Waals surface area (Å²) in [6.07, 6.45) is 0. The van der Waals surface area contributed by atoms with Gasteiger partial charge in [-0.2, -0.15) is 0 Å². The highest BCUT2D eigenvalue weighted by atomic mass is 32.2. The van der Waals surface area contributed by atoms with Crippen LogP contribution in [0.4, 0.5) is 5.69 Å². The van der Waals surface area contributed by atoms with Crippen molar-refractivity contribution in [3.8, 4) is 0 Å². The number of sulfonamides is 1. The number of nitrogens with two attached hydrogens (primary N) is 1. The van der Waals surface area contributed by atoms with Gasteiger partial charge in [0.2, 0.25) is 10.0 Å². The van der Waals surface area contributed by atoms with Crippen LogP contribution in [0.1, 0.15) is 6.92 Å². The summed E-state index contributed by atoms with van der Waals surface area (Å²) in [6.45, 7) is 1.14. The molecule has 0 fully saturated rings. The summed E-state index contributed by atoms with van der Waals surface area (Å²) >= 11 is 0. The van der Waals surface area contributed by atoms with Gasteiger partial charge in [-0.25, -0.2) is 13.6 Å². The molecular weight excluding hydrogens is 244 g/mol. The molecule has 5 N–H and O–H groups in total. The Balaban J connectivity index is 2.89. The van der Waals surface area contributed by atoms with Crippen molar-refractivity contribution >= 4 is 15.7 Å². The van der Waals surface area contributed by atoms with Crippen LogP contribution >= 0.6 is 0 Å². The maximum Gasteiger partial charge on any atom is 0.238 e. The molecule has 6 nitrogen and oxygen atoms in total. The smallest absolute Gasteiger partial charge is 0.238 e. The number of aliphatic hydroxyl groups excluding tert-OH is 2. The minimum atomic E-state index is -3.70. The Morgan fingerprint density at radius 1 is 1.24 bits per heavy atom. The van der Waals surface area contributed by atoms with Gasteiger partial charge in [0.1, 0.15) is 0 Å². The molecule has 96 valence electrons. The number of anilines is 1. The lowest BCUT2D eigenvalue weighted by Gasteiger charge is -2.27. The van der Waals surface area contributed by atoms with Gasteiger partial charge in [-0.15, -0.1) is 0 Å². The van der Waals surface area contributed by atoms with E-state index in [1.54, 1.807) is 6.92 Å². The van der Waals surface area contributed by atoms with Gasteiger partial charge in [0.15, 0.2) is 0 Å². The maximum atomic E-state index is 11.0. The van der Waals surface area contributed by atoms with Crippen LogP contribution in [0.5, 0.6) is 0 Å². The molecule has 0 spiro atoms. The Kier molecular flexibility index (Phi) is 4.10. The van der Waals surface area contributed by atoms with Crippen LogP contribution in [0.15, 0.2) is 29.2 Å².